The second kappa shape index (κ2) is 7.04. The minimum atomic E-state index is -3.32. The second-order valence-electron chi connectivity index (χ2n) is 5.49. The minimum absolute atomic E-state index is 0.0714. The number of aryl methyl sites for hydroxylation is 1. The van der Waals surface area contributed by atoms with Gasteiger partial charge in [0.2, 0.25) is 10.0 Å². The number of hydrogen-bond acceptors (Lipinski definition) is 3. The first kappa shape index (κ1) is 16.0. The highest BCUT2D eigenvalue weighted by atomic mass is 32.2. The molecule has 5 nitrogen and oxygen atoms in total. The minimum Gasteiger partial charge on any atom is -0.351 e. The number of carbonyl (C=O) groups excluding carboxylic acids is 1. The molecule has 0 aromatic heterocycles. The van der Waals surface area contributed by atoms with E-state index in [2.05, 4.69) is 10.0 Å². The molecule has 0 spiro atoms. The zero-order valence-corrected chi connectivity index (χ0v) is 13.1. The molecule has 0 unspecified atom stereocenters. The quantitative estimate of drug-likeness (QED) is 0.838. The van der Waals surface area contributed by atoms with Crippen LogP contribution in [-0.4, -0.2) is 32.7 Å². The van der Waals surface area contributed by atoms with E-state index < -0.39 is 10.0 Å². The molecule has 1 saturated carbocycles. The number of sulfonamides is 1. The zero-order valence-electron chi connectivity index (χ0n) is 12.3. The summed E-state index contributed by atoms with van der Waals surface area (Å²) < 4.78 is 26.5. The molecule has 1 fully saturated rings. The Morgan fingerprint density at radius 1 is 1.24 bits per heavy atom. The monoisotopic (exact) mass is 310 g/mol. The molecule has 2 rings (SSSR count). The Morgan fingerprint density at radius 2 is 1.90 bits per heavy atom. The van der Waals surface area contributed by atoms with Crippen molar-refractivity contribution in [2.24, 2.45) is 0 Å². The van der Waals surface area contributed by atoms with Crippen molar-refractivity contribution in [3.8, 4) is 0 Å². The second-order valence-corrected chi connectivity index (χ2v) is 7.36. The normalized spacial score (nSPS) is 16.0. The number of rotatable bonds is 6. The molecule has 1 aromatic rings. The van der Waals surface area contributed by atoms with Crippen molar-refractivity contribution < 1.29 is 13.2 Å². The van der Waals surface area contributed by atoms with Gasteiger partial charge in [-0.25, -0.2) is 13.1 Å². The highest BCUT2D eigenvalue weighted by Crippen LogP contribution is 2.18. The van der Waals surface area contributed by atoms with Crippen molar-refractivity contribution in [1.29, 1.82) is 0 Å². The molecule has 116 valence electrons. The number of amides is 1. The van der Waals surface area contributed by atoms with E-state index in [4.69, 9.17) is 0 Å². The van der Waals surface area contributed by atoms with E-state index in [1.54, 1.807) is 12.1 Å². The largest absolute Gasteiger partial charge is 0.351 e. The van der Waals surface area contributed by atoms with Crippen LogP contribution in [0, 0.1) is 6.92 Å². The fourth-order valence-corrected chi connectivity index (χ4v) is 3.81. The van der Waals surface area contributed by atoms with Gasteiger partial charge in [-0.15, -0.1) is 0 Å². The highest BCUT2D eigenvalue weighted by molar-refractivity contribution is 7.89. The Kier molecular flexibility index (Phi) is 5.36. The lowest BCUT2D eigenvalue weighted by molar-refractivity contribution is 0.0955. The van der Waals surface area contributed by atoms with Crippen molar-refractivity contribution in [3.05, 3.63) is 35.4 Å². The average molecular weight is 310 g/mol. The summed E-state index contributed by atoms with van der Waals surface area (Å²) in [6.45, 7) is 1.97. The first-order valence-electron chi connectivity index (χ1n) is 7.32. The number of carbonyl (C=O) groups is 1. The molecule has 0 aliphatic heterocycles. The molecular formula is C15H22N2O3S. The lowest BCUT2D eigenvalue weighted by Gasteiger charge is -2.13. The van der Waals surface area contributed by atoms with Crippen LogP contribution in [0.1, 0.15) is 41.6 Å². The van der Waals surface area contributed by atoms with Crippen LogP contribution in [0.4, 0.5) is 0 Å². The van der Waals surface area contributed by atoms with Crippen molar-refractivity contribution in [1.82, 2.24) is 10.0 Å². The van der Waals surface area contributed by atoms with Crippen molar-refractivity contribution in [2.75, 3.05) is 12.3 Å². The molecule has 1 aliphatic carbocycles. The van der Waals surface area contributed by atoms with Crippen LogP contribution in [0.3, 0.4) is 0 Å². The van der Waals surface area contributed by atoms with Gasteiger partial charge in [-0.05, 0) is 31.4 Å². The fraction of sp³-hybridized carbons (Fsp3) is 0.533. The molecule has 2 N–H and O–H groups in total. The Labute approximate surface area is 126 Å². The predicted octanol–water partition coefficient (Wildman–Crippen LogP) is 1.59. The summed E-state index contributed by atoms with van der Waals surface area (Å²) in [5, 5.41) is 2.66. The highest BCUT2D eigenvalue weighted by Gasteiger charge is 2.21. The van der Waals surface area contributed by atoms with E-state index >= 15 is 0 Å². The van der Waals surface area contributed by atoms with Crippen LogP contribution in [0.25, 0.3) is 0 Å². The van der Waals surface area contributed by atoms with Crippen molar-refractivity contribution in [2.45, 2.75) is 38.6 Å². The Bertz CT molecular complexity index is 593. The molecule has 0 heterocycles. The molecular weight excluding hydrogens is 288 g/mol. The fourth-order valence-electron chi connectivity index (χ4n) is 2.58. The third kappa shape index (κ3) is 4.82. The first-order valence-corrected chi connectivity index (χ1v) is 8.97. The topological polar surface area (TPSA) is 75.3 Å². The average Bonchev–Trinajstić information content (AvgIpc) is 2.90. The zero-order chi connectivity index (χ0) is 15.3. The molecule has 0 saturated heterocycles. The smallest absolute Gasteiger partial charge is 0.251 e. The van der Waals surface area contributed by atoms with Gasteiger partial charge >= 0.3 is 0 Å². The lowest BCUT2D eigenvalue weighted by atomic mass is 10.1. The molecule has 1 aromatic carbocycles. The molecule has 0 bridgehead atoms. The Balaban J connectivity index is 1.80. The molecule has 21 heavy (non-hydrogen) atoms. The van der Waals surface area contributed by atoms with E-state index in [9.17, 15) is 13.2 Å². The standard InChI is InChI=1S/C15H22N2O3S/c1-12-6-2-5-9-14(12)15(18)16-10-11-21(19,20)17-13-7-3-4-8-13/h2,5-6,9,13,17H,3-4,7-8,10-11H2,1H3,(H,16,18). The van der Waals surface area contributed by atoms with Gasteiger partial charge in [-0.3, -0.25) is 4.79 Å². The number of benzene rings is 1. The summed E-state index contributed by atoms with van der Waals surface area (Å²) in [5.74, 6) is -0.314. The lowest BCUT2D eigenvalue weighted by Crippen LogP contribution is -2.38. The van der Waals surface area contributed by atoms with Gasteiger partial charge in [-0.1, -0.05) is 31.0 Å². The van der Waals surface area contributed by atoms with Gasteiger partial charge < -0.3 is 5.32 Å². The molecule has 1 aliphatic rings. The molecule has 1 amide bonds. The molecule has 6 heteroatoms. The van der Waals surface area contributed by atoms with E-state index in [1.807, 2.05) is 19.1 Å². The van der Waals surface area contributed by atoms with Crippen LogP contribution in [0.15, 0.2) is 24.3 Å². The van der Waals surface area contributed by atoms with E-state index in [0.29, 0.717) is 5.56 Å². The maximum absolute atomic E-state index is 12.0. The van der Waals surface area contributed by atoms with Gasteiger partial charge in [0.05, 0.1) is 5.75 Å². The van der Waals surface area contributed by atoms with Crippen LogP contribution in [-0.2, 0) is 10.0 Å². The third-order valence-corrected chi connectivity index (χ3v) is 5.18. The van der Waals surface area contributed by atoms with Gasteiger partial charge in [0.25, 0.3) is 5.91 Å². The Hall–Kier alpha value is -1.40. The summed E-state index contributed by atoms with van der Waals surface area (Å²) in [7, 11) is -3.32. The summed E-state index contributed by atoms with van der Waals surface area (Å²) in [5.41, 5.74) is 1.46. The SMILES string of the molecule is Cc1ccccc1C(=O)NCCS(=O)(=O)NC1CCCC1. The van der Waals surface area contributed by atoms with Gasteiger partial charge in [0, 0.05) is 18.2 Å². The predicted molar refractivity (Wildman–Crippen MR) is 82.7 cm³/mol. The van der Waals surface area contributed by atoms with Crippen LogP contribution in [0.5, 0.6) is 0 Å². The summed E-state index contributed by atoms with van der Waals surface area (Å²) in [4.78, 5) is 12.0. The van der Waals surface area contributed by atoms with Crippen LogP contribution < -0.4 is 10.0 Å². The van der Waals surface area contributed by atoms with Crippen molar-refractivity contribution in [3.63, 3.8) is 0 Å². The van der Waals surface area contributed by atoms with E-state index in [-0.39, 0.29) is 24.2 Å². The van der Waals surface area contributed by atoms with Crippen molar-refractivity contribution >= 4 is 15.9 Å². The van der Waals surface area contributed by atoms with Crippen LogP contribution in [0.2, 0.25) is 0 Å². The summed E-state index contributed by atoms with van der Waals surface area (Å²) in [6, 6.07) is 7.31. The summed E-state index contributed by atoms with van der Waals surface area (Å²) >= 11 is 0. The van der Waals surface area contributed by atoms with Gasteiger partial charge in [0.1, 0.15) is 0 Å². The third-order valence-electron chi connectivity index (χ3n) is 3.75. The maximum Gasteiger partial charge on any atom is 0.251 e. The van der Waals surface area contributed by atoms with E-state index in [0.717, 1.165) is 31.2 Å². The Morgan fingerprint density at radius 3 is 2.57 bits per heavy atom. The molecule has 0 radical (unpaired) electrons. The van der Waals surface area contributed by atoms with Gasteiger partial charge in [-0.2, -0.15) is 0 Å². The molecule has 0 atom stereocenters. The maximum atomic E-state index is 12.0. The van der Waals surface area contributed by atoms with Crippen LogP contribution >= 0.6 is 0 Å². The number of nitrogens with one attached hydrogen (secondary N) is 2. The number of hydrogen-bond donors (Lipinski definition) is 2. The first-order chi connectivity index (χ1) is 9.98. The van der Waals surface area contributed by atoms with Gasteiger partial charge in [0.15, 0.2) is 0 Å². The summed E-state index contributed by atoms with van der Waals surface area (Å²) in [6.07, 6.45) is 3.98. The van der Waals surface area contributed by atoms with E-state index in [1.165, 1.54) is 0 Å².